The molecule has 3 N–H and O–H groups in total. The number of H-pyrrole nitrogens is 1. The summed E-state index contributed by atoms with van der Waals surface area (Å²) in [6.45, 7) is 2.43. The Balaban J connectivity index is 1.84. The van der Waals surface area contributed by atoms with Gasteiger partial charge in [-0.15, -0.1) is 0 Å². The second kappa shape index (κ2) is 6.16. The number of carbonyl (C=O) groups is 1. The molecular formula is C13H22N4O2. The van der Waals surface area contributed by atoms with Gasteiger partial charge in [0.1, 0.15) is 0 Å². The summed E-state index contributed by atoms with van der Waals surface area (Å²) in [5, 5.41) is 19.8. The molecule has 0 spiro atoms. The Kier molecular flexibility index (Phi) is 4.55. The molecule has 1 saturated heterocycles. The van der Waals surface area contributed by atoms with Crippen molar-refractivity contribution >= 4 is 5.91 Å². The Morgan fingerprint density at radius 1 is 1.68 bits per heavy atom. The molecule has 0 bridgehead atoms. The molecule has 1 aliphatic rings. The molecule has 6 nitrogen and oxygen atoms in total. The molecule has 1 atom stereocenters. The van der Waals surface area contributed by atoms with Crippen LogP contribution in [0.25, 0.3) is 0 Å². The fraction of sp³-hybridized carbons (Fsp3) is 0.692. The highest BCUT2D eigenvalue weighted by Gasteiger charge is 2.34. The fourth-order valence-electron chi connectivity index (χ4n) is 2.63. The highest BCUT2D eigenvalue weighted by Crippen LogP contribution is 2.24. The Morgan fingerprint density at radius 2 is 2.53 bits per heavy atom. The van der Waals surface area contributed by atoms with Crippen molar-refractivity contribution in [3.05, 3.63) is 18.0 Å². The molecule has 2 rings (SSSR count). The molecule has 1 aromatic rings. The second-order valence-electron chi connectivity index (χ2n) is 5.31. The zero-order valence-electron chi connectivity index (χ0n) is 11.4. The first-order valence-electron chi connectivity index (χ1n) is 6.74. The van der Waals surface area contributed by atoms with Crippen molar-refractivity contribution < 1.29 is 9.90 Å². The molecule has 6 heteroatoms. The van der Waals surface area contributed by atoms with Gasteiger partial charge in [-0.2, -0.15) is 5.10 Å². The third-order valence-corrected chi connectivity index (χ3v) is 3.67. The molecule has 1 aromatic heterocycles. The van der Waals surface area contributed by atoms with Crippen molar-refractivity contribution in [1.29, 1.82) is 0 Å². The van der Waals surface area contributed by atoms with E-state index in [0.29, 0.717) is 13.0 Å². The number of hydrogen-bond donors (Lipinski definition) is 3. The lowest BCUT2D eigenvalue weighted by Gasteiger charge is -2.38. The van der Waals surface area contributed by atoms with E-state index in [9.17, 15) is 9.90 Å². The maximum atomic E-state index is 11.4. The summed E-state index contributed by atoms with van der Waals surface area (Å²) < 4.78 is 0. The normalized spacial score (nSPS) is 24.3. The predicted molar refractivity (Wildman–Crippen MR) is 71.6 cm³/mol. The Morgan fingerprint density at radius 3 is 3.21 bits per heavy atom. The van der Waals surface area contributed by atoms with E-state index in [1.165, 1.54) is 5.56 Å². The van der Waals surface area contributed by atoms with Crippen molar-refractivity contribution in [2.75, 3.05) is 26.7 Å². The van der Waals surface area contributed by atoms with E-state index in [-0.39, 0.29) is 12.3 Å². The Hall–Kier alpha value is -1.40. The standard InChI is InChI=1S/C13H22N4O2/c1-14-12(18)7-13(19)4-2-5-17(10-13)6-3-11-8-15-16-9-11/h8-9,19H,2-7,10H2,1H3,(H,14,18)(H,15,16). The second-order valence-corrected chi connectivity index (χ2v) is 5.31. The first-order chi connectivity index (χ1) is 9.11. The van der Waals surface area contributed by atoms with Gasteiger partial charge in [0.05, 0.1) is 18.2 Å². The number of amides is 1. The lowest BCUT2D eigenvalue weighted by molar-refractivity contribution is -0.128. The summed E-state index contributed by atoms with van der Waals surface area (Å²) >= 11 is 0. The predicted octanol–water partition coefficient (Wildman–Crippen LogP) is -0.0848. The number of carbonyl (C=O) groups excluding carboxylic acids is 1. The average molecular weight is 266 g/mol. The SMILES string of the molecule is CNC(=O)CC1(O)CCCN(CCc2cn[nH]c2)C1. The molecule has 0 aromatic carbocycles. The summed E-state index contributed by atoms with van der Waals surface area (Å²) in [5.41, 5.74) is 0.287. The van der Waals surface area contributed by atoms with E-state index < -0.39 is 5.60 Å². The van der Waals surface area contributed by atoms with Crippen LogP contribution in [-0.4, -0.2) is 58.4 Å². The smallest absolute Gasteiger partial charge is 0.222 e. The van der Waals surface area contributed by atoms with E-state index in [1.54, 1.807) is 7.05 Å². The van der Waals surface area contributed by atoms with Crippen LogP contribution >= 0.6 is 0 Å². The van der Waals surface area contributed by atoms with Crippen LogP contribution < -0.4 is 5.32 Å². The van der Waals surface area contributed by atoms with Crippen molar-refractivity contribution in [1.82, 2.24) is 20.4 Å². The number of β-amino-alcohol motifs (C(OH)–C–C–N with tert-alkyl or cyclic N) is 1. The van der Waals surface area contributed by atoms with Crippen molar-refractivity contribution in [2.45, 2.75) is 31.3 Å². The first kappa shape index (κ1) is 14.0. The Labute approximate surface area is 113 Å². The first-order valence-corrected chi connectivity index (χ1v) is 6.74. The molecule has 0 aliphatic carbocycles. The van der Waals surface area contributed by atoms with Crippen LogP contribution in [0.3, 0.4) is 0 Å². The number of likely N-dealkylation sites (tertiary alicyclic amines) is 1. The molecular weight excluding hydrogens is 244 g/mol. The molecule has 19 heavy (non-hydrogen) atoms. The summed E-state index contributed by atoms with van der Waals surface area (Å²) in [6.07, 6.45) is 6.43. The molecule has 1 amide bonds. The summed E-state index contributed by atoms with van der Waals surface area (Å²) in [6, 6.07) is 0. The average Bonchev–Trinajstić information content (AvgIpc) is 2.89. The van der Waals surface area contributed by atoms with Gasteiger partial charge in [0.25, 0.3) is 0 Å². The molecule has 0 radical (unpaired) electrons. The maximum absolute atomic E-state index is 11.4. The van der Waals surface area contributed by atoms with E-state index in [0.717, 1.165) is 25.9 Å². The fourth-order valence-corrected chi connectivity index (χ4v) is 2.63. The van der Waals surface area contributed by atoms with Crippen LogP contribution in [0, 0.1) is 0 Å². The maximum Gasteiger partial charge on any atom is 0.222 e. The van der Waals surface area contributed by atoms with Gasteiger partial charge in [-0.05, 0) is 31.4 Å². The molecule has 2 heterocycles. The van der Waals surface area contributed by atoms with Gasteiger partial charge in [-0.25, -0.2) is 0 Å². The molecule has 1 unspecified atom stereocenters. The van der Waals surface area contributed by atoms with Crippen molar-refractivity contribution in [3.63, 3.8) is 0 Å². The summed E-state index contributed by atoms with van der Waals surface area (Å²) in [7, 11) is 1.60. The van der Waals surface area contributed by atoms with Crippen LogP contribution in [-0.2, 0) is 11.2 Å². The largest absolute Gasteiger partial charge is 0.388 e. The van der Waals surface area contributed by atoms with Gasteiger partial charge >= 0.3 is 0 Å². The van der Waals surface area contributed by atoms with E-state index >= 15 is 0 Å². The van der Waals surface area contributed by atoms with Crippen LogP contribution in [0.1, 0.15) is 24.8 Å². The monoisotopic (exact) mass is 266 g/mol. The topological polar surface area (TPSA) is 81.2 Å². The number of aliphatic hydroxyl groups is 1. The summed E-state index contributed by atoms with van der Waals surface area (Å²) in [4.78, 5) is 13.7. The van der Waals surface area contributed by atoms with E-state index in [1.807, 2.05) is 12.4 Å². The number of piperidine rings is 1. The quantitative estimate of drug-likeness (QED) is 0.696. The third kappa shape index (κ3) is 4.04. The van der Waals surface area contributed by atoms with Gasteiger partial charge in [-0.1, -0.05) is 0 Å². The lowest BCUT2D eigenvalue weighted by Crippen LogP contribution is -2.50. The van der Waals surface area contributed by atoms with Crippen LogP contribution in [0.4, 0.5) is 0 Å². The number of hydrogen-bond acceptors (Lipinski definition) is 4. The van der Waals surface area contributed by atoms with Gasteiger partial charge in [0, 0.05) is 26.3 Å². The molecule has 0 saturated carbocycles. The van der Waals surface area contributed by atoms with Crippen molar-refractivity contribution in [3.8, 4) is 0 Å². The number of nitrogens with one attached hydrogen (secondary N) is 2. The van der Waals surface area contributed by atoms with E-state index in [4.69, 9.17) is 0 Å². The zero-order chi connectivity index (χ0) is 13.7. The summed E-state index contributed by atoms with van der Waals surface area (Å²) in [5.74, 6) is -0.0980. The zero-order valence-corrected chi connectivity index (χ0v) is 11.4. The van der Waals surface area contributed by atoms with Gasteiger partial charge in [-0.3, -0.25) is 9.89 Å². The molecule has 1 fully saturated rings. The van der Waals surface area contributed by atoms with Gasteiger partial charge < -0.3 is 15.3 Å². The highest BCUT2D eigenvalue weighted by atomic mass is 16.3. The molecule has 106 valence electrons. The minimum absolute atomic E-state index is 0.0980. The number of rotatable bonds is 5. The van der Waals surface area contributed by atoms with Crippen LogP contribution in [0.15, 0.2) is 12.4 Å². The minimum atomic E-state index is -0.880. The third-order valence-electron chi connectivity index (χ3n) is 3.67. The van der Waals surface area contributed by atoms with Crippen LogP contribution in [0.5, 0.6) is 0 Å². The minimum Gasteiger partial charge on any atom is -0.388 e. The number of aromatic nitrogens is 2. The van der Waals surface area contributed by atoms with E-state index in [2.05, 4.69) is 20.4 Å². The lowest BCUT2D eigenvalue weighted by atomic mass is 9.89. The van der Waals surface area contributed by atoms with Crippen molar-refractivity contribution in [2.24, 2.45) is 0 Å². The Bertz CT molecular complexity index is 407. The van der Waals surface area contributed by atoms with Crippen LogP contribution in [0.2, 0.25) is 0 Å². The molecule has 1 aliphatic heterocycles. The van der Waals surface area contributed by atoms with Gasteiger partial charge in [0.2, 0.25) is 5.91 Å². The highest BCUT2D eigenvalue weighted by molar-refractivity contribution is 5.76. The van der Waals surface area contributed by atoms with Gasteiger partial charge in [0.15, 0.2) is 0 Å². The number of aromatic amines is 1. The number of nitrogens with zero attached hydrogens (tertiary/aromatic N) is 2.